The van der Waals surface area contributed by atoms with Gasteiger partial charge in [-0.05, 0) is 37.6 Å². The Balaban J connectivity index is 2.72. The maximum atomic E-state index is 13.4. The third kappa shape index (κ3) is 4.40. The average Bonchev–Trinajstić information content (AvgIpc) is 2.71. The zero-order valence-corrected chi connectivity index (χ0v) is 17.6. The van der Waals surface area contributed by atoms with Gasteiger partial charge in [0.2, 0.25) is 0 Å². The molecule has 11 heteroatoms. The summed E-state index contributed by atoms with van der Waals surface area (Å²) in [6.45, 7) is 2.27. The first kappa shape index (κ1) is 22.8. The van der Waals surface area contributed by atoms with E-state index in [1.54, 1.807) is 0 Å². The largest absolute Gasteiger partial charge is 0.468 e. The van der Waals surface area contributed by atoms with E-state index in [1.807, 2.05) is 0 Å². The van der Waals surface area contributed by atoms with Crippen molar-refractivity contribution >= 4 is 33.3 Å². The Morgan fingerprint density at radius 1 is 1.10 bits per heavy atom. The van der Waals surface area contributed by atoms with Crippen molar-refractivity contribution in [2.75, 3.05) is 25.1 Å². The number of hydrogen-bond acceptors (Lipinski definition) is 8. The van der Waals surface area contributed by atoms with Gasteiger partial charge in [-0.15, -0.1) is 0 Å². The molecule has 0 bridgehead atoms. The van der Waals surface area contributed by atoms with Gasteiger partial charge in [0.15, 0.2) is 0 Å². The molecular formula is C19H20N2O8S. The Bertz CT molecular complexity index is 1110. The van der Waals surface area contributed by atoms with E-state index in [-0.39, 0.29) is 33.0 Å². The lowest BCUT2D eigenvalue weighted by atomic mass is 10.1. The first-order valence-electron chi connectivity index (χ1n) is 8.57. The second-order valence-electron chi connectivity index (χ2n) is 6.23. The van der Waals surface area contributed by atoms with Crippen molar-refractivity contribution in [3.05, 3.63) is 63.2 Å². The average molecular weight is 436 g/mol. The van der Waals surface area contributed by atoms with Crippen molar-refractivity contribution in [3.63, 3.8) is 0 Å². The molecule has 0 unspecified atom stereocenters. The minimum absolute atomic E-state index is 0.0338. The summed E-state index contributed by atoms with van der Waals surface area (Å²) in [6, 6.07) is 7.73. The molecule has 0 saturated heterocycles. The van der Waals surface area contributed by atoms with Gasteiger partial charge in [0.1, 0.15) is 6.54 Å². The lowest BCUT2D eigenvalue weighted by Gasteiger charge is -2.25. The molecule has 0 amide bonds. The van der Waals surface area contributed by atoms with Gasteiger partial charge >= 0.3 is 11.9 Å². The molecule has 160 valence electrons. The van der Waals surface area contributed by atoms with Gasteiger partial charge in [-0.25, -0.2) is 13.2 Å². The molecule has 0 aliphatic carbocycles. The van der Waals surface area contributed by atoms with E-state index in [4.69, 9.17) is 4.74 Å². The first-order valence-corrected chi connectivity index (χ1v) is 10.0. The summed E-state index contributed by atoms with van der Waals surface area (Å²) in [7, 11) is -2.15. The maximum absolute atomic E-state index is 13.4. The monoisotopic (exact) mass is 436 g/mol. The summed E-state index contributed by atoms with van der Waals surface area (Å²) in [4.78, 5) is 34.1. The number of benzene rings is 2. The van der Waals surface area contributed by atoms with Crippen LogP contribution in [0.3, 0.4) is 0 Å². The van der Waals surface area contributed by atoms with Crippen LogP contribution in [0.5, 0.6) is 0 Å². The Morgan fingerprint density at radius 3 is 2.33 bits per heavy atom. The van der Waals surface area contributed by atoms with Gasteiger partial charge in [0.25, 0.3) is 15.7 Å². The highest BCUT2D eigenvalue weighted by Gasteiger charge is 2.31. The molecule has 10 nitrogen and oxygen atoms in total. The Hall–Kier alpha value is -3.47. The normalized spacial score (nSPS) is 10.9. The number of hydrogen-bond donors (Lipinski definition) is 0. The zero-order valence-electron chi connectivity index (χ0n) is 16.7. The second-order valence-corrected chi connectivity index (χ2v) is 8.10. The summed E-state index contributed by atoms with van der Waals surface area (Å²) in [5.41, 5.74) is 0.288. The van der Waals surface area contributed by atoms with Crippen molar-refractivity contribution in [2.24, 2.45) is 0 Å². The van der Waals surface area contributed by atoms with Gasteiger partial charge in [-0.3, -0.25) is 19.2 Å². The standard InChI is InChI=1S/C19H20N2O8S/c1-12-8-9-14(10-17(12)21(24)25)30(26,27)20(11-18(22)28-3)16-7-5-6-15(13(16)2)19(23)29-4/h5-10H,11H2,1-4H3. The van der Waals surface area contributed by atoms with Crippen molar-refractivity contribution in [1.29, 1.82) is 0 Å². The fourth-order valence-electron chi connectivity index (χ4n) is 2.78. The van der Waals surface area contributed by atoms with Crippen molar-refractivity contribution in [3.8, 4) is 0 Å². The molecule has 2 aromatic carbocycles. The number of aryl methyl sites for hydroxylation is 1. The lowest BCUT2D eigenvalue weighted by Crippen LogP contribution is -2.37. The molecule has 0 heterocycles. The maximum Gasteiger partial charge on any atom is 0.338 e. The summed E-state index contributed by atoms with van der Waals surface area (Å²) in [5, 5.41) is 11.2. The van der Waals surface area contributed by atoms with Crippen molar-refractivity contribution < 1.29 is 32.4 Å². The predicted octanol–water partition coefficient (Wildman–Crippen LogP) is 2.37. The van der Waals surface area contributed by atoms with Crippen LogP contribution in [-0.4, -0.2) is 46.0 Å². The Labute approximate surface area is 173 Å². The van der Waals surface area contributed by atoms with Crippen LogP contribution in [0.1, 0.15) is 21.5 Å². The molecule has 0 fully saturated rings. The molecule has 0 aliphatic rings. The van der Waals surface area contributed by atoms with E-state index in [0.717, 1.165) is 17.5 Å². The van der Waals surface area contributed by atoms with Crippen LogP contribution in [0.2, 0.25) is 0 Å². The number of sulfonamides is 1. The number of nitro benzene ring substituents is 1. The molecule has 2 rings (SSSR count). The van der Waals surface area contributed by atoms with E-state index in [2.05, 4.69) is 4.74 Å². The smallest absolute Gasteiger partial charge is 0.338 e. The second kappa shape index (κ2) is 8.91. The van der Waals surface area contributed by atoms with Crippen molar-refractivity contribution in [1.82, 2.24) is 0 Å². The molecule has 0 aliphatic heterocycles. The zero-order chi connectivity index (χ0) is 22.6. The summed E-state index contributed by atoms with van der Waals surface area (Å²) in [5.74, 6) is -1.54. The number of esters is 2. The molecule has 30 heavy (non-hydrogen) atoms. The fraction of sp³-hybridized carbons (Fsp3) is 0.263. The van der Waals surface area contributed by atoms with E-state index in [1.165, 1.54) is 51.3 Å². The van der Waals surface area contributed by atoms with Crippen LogP contribution in [0, 0.1) is 24.0 Å². The van der Waals surface area contributed by atoms with Crippen LogP contribution in [-0.2, 0) is 24.3 Å². The third-order valence-electron chi connectivity index (χ3n) is 4.44. The van der Waals surface area contributed by atoms with Gasteiger partial charge in [0.05, 0.1) is 35.3 Å². The highest BCUT2D eigenvalue weighted by Crippen LogP contribution is 2.31. The van der Waals surface area contributed by atoms with Crippen LogP contribution < -0.4 is 4.31 Å². The lowest BCUT2D eigenvalue weighted by molar-refractivity contribution is -0.385. The Kier molecular flexibility index (Phi) is 6.77. The summed E-state index contributed by atoms with van der Waals surface area (Å²) < 4.78 is 36.8. The number of rotatable bonds is 7. The number of carbonyl (C=O) groups is 2. The topological polar surface area (TPSA) is 133 Å². The minimum Gasteiger partial charge on any atom is -0.468 e. The number of nitrogens with zero attached hydrogens (tertiary/aromatic N) is 2. The van der Waals surface area contributed by atoms with E-state index < -0.39 is 33.4 Å². The fourth-order valence-corrected chi connectivity index (χ4v) is 4.27. The molecule has 0 atom stereocenters. The van der Waals surface area contributed by atoms with Crippen LogP contribution in [0.4, 0.5) is 11.4 Å². The van der Waals surface area contributed by atoms with Crippen LogP contribution in [0.15, 0.2) is 41.3 Å². The first-order chi connectivity index (χ1) is 14.0. The molecular weight excluding hydrogens is 416 g/mol. The number of nitro groups is 1. The molecule has 0 aromatic heterocycles. The molecule has 0 saturated carbocycles. The predicted molar refractivity (Wildman–Crippen MR) is 107 cm³/mol. The number of methoxy groups -OCH3 is 2. The van der Waals surface area contributed by atoms with E-state index in [9.17, 15) is 28.1 Å². The number of carbonyl (C=O) groups excluding carboxylic acids is 2. The van der Waals surface area contributed by atoms with Gasteiger partial charge < -0.3 is 9.47 Å². The van der Waals surface area contributed by atoms with Crippen LogP contribution in [0.25, 0.3) is 0 Å². The number of ether oxygens (including phenoxy) is 2. The molecule has 0 radical (unpaired) electrons. The quantitative estimate of drug-likeness (QED) is 0.367. The minimum atomic E-state index is -4.43. The van der Waals surface area contributed by atoms with Gasteiger partial charge in [0, 0.05) is 11.6 Å². The van der Waals surface area contributed by atoms with Gasteiger partial charge in [-0.2, -0.15) is 0 Å². The van der Waals surface area contributed by atoms with Crippen LogP contribution >= 0.6 is 0 Å². The molecule has 0 spiro atoms. The van der Waals surface area contributed by atoms with E-state index in [0.29, 0.717) is 0 Å². The highest BCUT2D eigenvalue weighted by molar-refractivity contribution is 7.92. The summed E-state index contributed by atoms with van der Waals surface area (Å²) in [6.07, 6.45) is 0. The third-order valence-corrected chi connectivity index (χ3v) is 6.20. The van der Waals surface area contributed by atoms with Crippen molar-refractivity contribution in [2.45, 2.75) is 18.7 Å². The Morgan fingerprint density at radius 2 is 1.77 bits per heavy atom. The summed E-state index contributed by atoms with van der Waals surface area (Å²) >= 11 is 0. The SMILES string of the molecule is COC(=O)CN(c1cccc(C(=O)OC)c1C)S(=O)(=O)c1ccc(C)c([N+](=O)[O-])c1. The number of anilines is 1. The molecule has 2 aromatic rings. The molecule has 0 N–H and O–H groups in total. The van der Waals surface area contributed by atoms with Gasteiger partial charge in [-0.1, -0.05) is 12.1 Å². The highest BCUT2D eigenvalue weighted by atomic mass is 32.2. The van der Waals surface area contributed by atoms with E-state index >= 15 is 0 Å².